The highest BCUT2D eigenvalue weighted by atomic mass is 32.2. The number of rotatable bonds is 6. The topological polar surface area (TPSA) is 61.2 Å². The highest BCUT2D eigenvalue weighted by molar-refractivity contribution is 7.90. The molecule has 16 heavy (non-hydrogen) atoms. The molecule has 5 heteroatoms. The van der Waals surface area contributed by atoms with Crippen LogP contribution in [-0.2, 0) is 10.0 Å². The van der Waals surface area contributed by atoms with Gasteiger partial charge in [0.1, 0.15) is 0 Å². The molecule has 1 aliphatic rings. The number of nitrogens with zero attached hydrogens (tertiary/aromatic N) is 2. The first-order valence-electron chi connectivity index (χ1n) is 5.80. The van der Waals surface area contributed by atoms with Gasteiger partial charge < -0.3 is 0 Å². The molecule has 1 rings (SSSR count). The molecule has 1 aliphatic carbocycles. The van der Waals surface area contributed by atoms with Gasteiger partial charge >= 0.3 is 0 Å². The molecule has 1 unspecified atom stereocenters. The van der Waals surface area contributed by atoms with Gasteiger partial charge in [-0.2, -0.15) is 9.57 Å². The Hall–Kier alpha value is -0.600. The maximum absolute atomic E-state index is 12.1. The molecular weight excluding hydrogens is 224 g/mol. The number of nitriles is 1. The van der Waals surface area contributed by atoms with E-state index in [1.165, 1.54) is 6.92 Å². The van der Waals surface area contributed by atoms with Crippen molar-refractivity contribution in [3.63, 3.8) is 0 Å². The average molecular weight is 244 g/mol. The lowest BCUT2D eigenvalue weighted by atomic mass is 10.1. The zero-order valence-electron chi connectivity index (χ0n) is 10.2. The van der Waals surface area contributed by atoms with Crippen LogP contribution in [0.3, 0.4) is 0 Å². The van der Waals surface area contributed by atoms with E-state index in [0.717, 1.165) is 19.3 Å². The Balaban J connectivity index is 2.74. The molecule has 0 aromatic rings. The quantitative estimate of drug-likeness (QED) is 0.715. The van der Waals surface area contributed by atoms with Crippen molar-refractivity contribution in [2.24, 2.45) is 5.92 Å². The van der Waals surface area contributed by atoms with Crippen molar-refractivity contribution in [2.75, 3.05) is 6.54 Å². The summed E-state index contributed by atoms with van der Waals surface area (Å²) < 4.78 is 25.7. The van der Waals surface area contributed by atoms with Crippen LogP contribution in [0, 0.1) is 17.2 Å². The monoisotopic (exact) mass is 244 g/mol. The zero-order valence-corrected chi connectivity index (χ0v) is 11.0. The fraction of sp³-hybridized carbons (Fsp3) is 0.909. The first kappa shape index (κ1) is 13.5. The predicted molar refractivity (Wildman–Crippen MR) is 63.2 cm³/mol. The van der Waals surface area contributed by atoms with Gasteiger partial charge in [-0.3, -0.25) is 0 Å². The Morgan fingerprint density at radius 3 is 2.31 bits per heavy atom. The number of hydrogen-bond donors (Lipinski definition) is 0. The van der Waals surface area contributed by atoms with E-state index in [4.69, 9.17) is 5.26 Å². The van der Waals surface area contributed by atoms with E-state index >= 15 is 0 Å². The largest absolute Gasteiger partial charge is 0.230 e. The number of hydrogen-bond acceptors (Lipinski definition) is 3. The van der Waals surface area contributed by atoms with Crippen molar-refractivity contribution in [2.45, 2.75) is 51.3 Å². The molecule has 0 saturated heterocycles. The van der Waals surface area contributed by atoms with Crippen LogP contribution in [0.2, 0.25) is 0 Å². The van der Waals surface area contributed by atoms with Crippen LogP contribution in [0.5, 0.6) is 0 Å². The minimum absolute atomic E-state index is 0.152. The molecule has 0 aromatic heterocycles. The second-order valence-corrected chi connectivity index (χ2v) is 7.05. The standard InChI is InChI=1S/C11H20N2O2S/c1-9(2)6-7-13(11-4-5-11)16(14,15)10(3)8-12/h9-11H,4-7H2,1-3H3. The smallest absolute Gasteiger partial charge is 0.211 e. The van der Waals surface area contributed by atoms with Gasteiger partial charge in [-0.1, -0.05) is 13.8 Å². The summed E-state index contributed by atoms with van der Waals surface area (Å²) in [6, 6.07) is 1.98. The first-order chi connectivity index (χ1) is 7.39. The van der Waals surface area contributed by atoms with Crippen molar-refractivity contribution in [3.05, 3.63) is 0 Å². The van der Waals surface area contributed by atoms with E-state index in [0.29, 0.717) is 12.5 Å². The van der Waals surface area contributed by atoms with Gasteiger partial charge in [0.2, 0.25) is 10.0 Å². The molecule has 0 radical (unpaired) electrons. The van der Waals surface area contributed by atoms with Gasteiger partial charge in [-0.25, -0.2) is 8.42 Å². The van der Waals surface area contributed by atoms with Crippen molar-refractivity contribution in [3.8, 4) is 6.07 Å². The van der Waals surface area contributed by atoms with E-state index in [9.17, 15) is 8.42 Å². The molecule has 92 valence electrons. The van der Waals surface area contributed by atoms with Crippen molar-refractivity contribution < 1.29 is 8.42 Å². The van der Waals surface area contributed by atoms with Crippen molar-refractivity contribution in [1.82, 2.24) is 4.31 Å². The molecule has 4 nitrogen and oxygen atoms in total. The molecule has 0 bridgehead atoms. The van der Waals surface area contributed by atoms with Gasteiger partial charge in [-0.05, 0) is 32.1 Å². The van der Waals surface area contributed by atoms with E-state index in [2.05, 4.69) is 13.8 Å². The van der Waals surface area contributed by atoms with Crippen molar-refractivity contribution in [1.29, 1.82) is 5.26 Å². The van der Waals surface area contributed by atoms with Gasteiger partial charge in [0.15, 0.2) is 5.25 Å². The first-order valence-corrected chi connectivity index (χ1v) is 7.30. The summed E-state index contributed by atoms with van der Waals surface area (Å²) in [5.74, 6) is 0.480. The molecule has 0 aliphatic heterocycles. The van der Waals surface area contributed by atoms with Crippen LogP contribution in [0.4, 0.5) is 0 Å². The molecule has 0 spiro atoms. The molecule has 0 N–H and O–H groups in total. The Labute approximate surface area is 98.3 Å². The SMILES string of the molecule is CC(C)CCN(C1CC1)S(=O)(=O)C(C)C#N. The summed E-state index contributed by atoms with van der Waals surface area (Å²) in [6.07, 6.45) is 2.73. The van der Waals surface area contributed by atoms with Crippen molar-refractivity contribution >= 4 is 10.0 Å². The molecule has 0 heterocycles. The highest BCUT2D eigenvalue weighted by Gasteiger charge is 2.39. The maximum Gasteiger partial charge on any atom is 0.230 e. The molecule has 0 amide bonds. The summed E-state index contributed by atoms with van der Waals surface area (Å²) >= 11 is 0. The average Bonchev–Trinajstić information content (AvgIpc) is 3.00. The van der Waals surface area contributed by atoms with E-state index < -0.39 is 15.3 Å². The van der Waals surface area contributed by atoms with Crippen LogP contribution in [-0.4, -0.2) is 30.6 Å². The second-order valence-electron chi connectivity index (χ2n) is 4.84. The third kappa shape index (κ3) is 3.19. The lowest BCUT2D eigenvalue weighted by molar-refractivity contribution is 0.371. The Morgan fingerprint density at radius 1 is 1.38 bits per heavy atom. The van der Waals surface area contributed by atoms with E-state index in [1.807, 2.05) is 6.07 Å². The molecule has 1 atom stereocenters. The van der Waals surface area contributed by atoms with Crippen LogP contribution in [0.1, 0.15) is 40.0 Å². The van der Waals surface area contributed by atoms with Crippen LogP contribution < -0.4 is 0 Å². The van der Waals surface area contributed by atoms with Crippen LogP contribution >= 0.6 is 0 Å². The lowest BCUT2D eigenvalue weighted by Gasteiger charge is -2.23. The molecular formula is C11H20N2O2S. The highest BCUT2D eigenvalue weighted by Crippen LogP contribution is 2.31. The van der Waals surface area contributed by atoms with Gasteiger partial charge in [-0.15, -0.1) is 0 Å². The minimum Gasteiger partial charge on any atom is -0.211 e. The van der Waals surface area contributed by atoms with E-state index in [-0.39, 0.29) is 6.04 Å². The molecule has 1 saturated carbocycles. The zero-order chi connectivity index (χ0) is 12.3. The fourth-order valence-electron chi connectivity index (χ4n) is 1.54. The van der Waals surface area contributed by atoms with E-state index in [1.54, 1.807) is 4.31 Å². The predicted octanol–water partition coefficient (Wildman–Crippen LogP) is 1.74. The normalized spacial score (nSPS) is 18.8. The molecule has 1 fully saturated rings. The van der Waals surface area contributed by atoms with Gasteiger partial charge in [0, 0.05) is 12.6 Å². The summed E-state index contributed by atoms with van der Waals surface area (Å²) in [7, 11) is -3.41. The summed E-state index contributed by atoms with van der Waals surface area (Å²) in [5, 5.41) is 7.81. The van der Waals surface area contributed by atoms with Gasteiger partial charge in [0.05, 0.1) is 6.07 Å². The summed E-state index contributed by atoms with van der Waals surface area (Å²) in [6.45, 7) is 6.16. The summed E-state index contributed by atoms with van der Waals surface area (Å²) in [5.41, 5.74) is 0. The Bertz CT molecular complexity index is 366. The van der Waals surface area contributed by atoms with Gasteiger partial charge in [0.25, 0.3) is 0 Å². The molecule has 0 aromatic carbocycles. The number of sulfonamides is 1. The third-order valence-electron chi connectivity index (χ3n) is 2.84. The minimum atomic E-state index is -3.41. The third-order valence-corrected chi connectivity index (χ3v) is 4.97. The van der Waals surface area contributed by atoms with Crippen LogP contribution in [0.15, 0.2) is 0 Å². The second kappa shape index (κ2) is 5.15. The summed E-state index contributed by atoms with van der Waals surface area (Å²) in [4.78, 5) is 0. The lowest BCUT2D eigenvalue weighted by Crippen LogP contribution is -2.39. The maximum atomic E-state index is 12.1. The Kier molecular flexibility index (Phi) is 4.34. The van der Waals surface area contributed by atoms with Crippen LogP contribution in [0.25, 0.3) is 0 Å². The fourth-order valence-corrected chi connectivity index (χ4v) is 3.06. The Morgan fingerprint density at radius 2 is 1.94 bits per heavy atom.